The molecule has 1 heterocycles. The van der Waals surface area contributed by atoms with Gasteiger partial charge in [0.15, 0.2) is 0 Å². The van der Waals surface area contributed by atoms with E-state index in [0.717, 1.165) is 12.1 Å². The molecule has 0 saturated carbocycles. The van der Waals surface area contributed by atoms with E-state index >= 15 is 0 Å². The summed E-state index contributed by atoms with van der Waals surface area (Å²) < 4.78 is 0. The Hall–Kier alpha value is -1.13. The average Bonchev–Trinajstić information content (AvgIpc) is 2.20. The molecule has 0 radical (unpaired) electrons. The van der Waals surface area contributed by atoms with Crippen molar-refractivity contribution in [1.82, 2.24) is 9.88 Å². The Bertz CT molecular complexity index is 273. The van der Waals surface area contributed by atoms with E-state index in [9.17, 15) is 0 Å². The van der Waals surface area contributed by atoms with Crippen LogP contribution in [0.5, 0.6) is 0 Å². The molecular weight excluding hydrogens is 178 g/mol. The number of aliphatic hydroxyl groups is 1. The highest BCUT2D eigenvalue weighted by molar-refractivity contribution is 5.29. The lowest BCUT2D eigenvalue weighted by molar-refractivity contribution is 0.154. The zero-order valence-corrected chi connectivity index (χ0v) is 8.64. The predicted molar refractivity (Wildman–Crippen MR) is 56.7 cm³/mol. The van der Waals surface area contributed by atoms with E-state index in [1.807, 2.05) is 20.0 Å². The minimum atomic E-state index is 0.160. The van der Waals surface area contributed by atoms with Crippen molar-refractivity contribution in [3.63, 3.8) is 0 Å². The summed E-state index contributed by atoms with van der Waals surface area (Å²) in [5.41, 5.74) is 6.58. The van der Waals surface area contributed by atoms with Gasteiger partial charge in [0, 0.05) is 18.8 Å². The van der Waals surface area contributed by atoms with E-state index in [0.29, 0.717) is 5.82 Å². The number of nitrogens with zero attached hydrogens (tertiary/aromatic N) is 2. The molecule has 1 rings (SSSR count). The summed E-state index contributed by atoms with van der Waals surface area (Å²) in [6.45, 7) is 2.92. The number of pyridine rings is 1. The summed E-state index contributed by atoms with van der Waals surface area (Å²) in [5.74, 6) is 0.534. The molecule has 0 amide bonds. The van der Waals surface area contributed by atoms with Crippen LogP contribution in [-0.4, -0.2) is 34.7 Å². The molecule has 0 fully saturated rings. The minimum absolute atomic E-state index is 0.160. The number of hydrogen-bond acceptors (Lipinski definition) is 4. The lowest BCUT2D eigenvalue weighted by Crippen LogP contribution is -2.31. The minimum Gasteiger partial charge on any atom is -0.395 e. The van der Waals surface area contributed by atoms with Crippen LogP contribution in [0.2, 0.25) is 0 Å². The molecule has 0 aliphatic carbocycles. The molecule has 1 aromatic heterocycles. The lowest BCUT2D eigenvalue weighted by atomic mass is 10.2. The molecule has 4 nitrogen and oxygen atoms in total. The normalized spacial score (nSPS) is 13.1. The second kappa shape index (κ2) is 4.93. The van der Waals surface area contributed by atoms with Gasteiger partial charge in [0.2, 0.25) is 0 Å². The van der Waals surface area contributed by atoms with Crippen molar-refractivity contribution in [2.75, 3.05) is 19.4 Å². The predicted octanol–water partition coefficient (Wildman–Crippen LogP) is 0.476. The van der Waals surface area contributed by atoms with Gasteiger partial charge < -0.3 is 10.8 Å². The number of aromatic nitrogens is 1. The van der Waals surface area contributed by atoms with Crippen LogP contribution in [0.4, 0.5) is 5.82 Å². The first-order chi connectivity index (χ1) is 6.63. The SMILES string of the molecule is CC(CO)N(C)Cc1ccc(N)nc1. The Kier molecular flexibility index (Phi) is 3.85. The summed E-state index contributed by atoms with van der Waals surface area (Å²) >= 11 is 0. The summed E-state index contributed by atoms with van der Waals surface area (Å²) in [4.78, 5) is 6.07. The van der Waals surface area contributed by atoms with Crippen molar-refractivity contribution >= 4 is 5.82 Å². The van der Waals surface area contributed by atoms with Crippen LogP contribution >= 0.6 is 0 Å². The van der Waals surface area contributed by atoms with E-state index in [1.54, 1.807) is 12.3 Å². The highest BCUT2D eigenvalue weighted by Crippen LogP contribution is 2.06. The fraction of sp³-hybridized carbons (Fsp3) is 0.500. The zero-order chi connectivity index (χ0) is 10.6. The van der Waals surface area contributed by atoms with Crippen LogP contribution in [-0.2, 0) is 6.54 Å². The van der Waals surface area contributed by atoms with E-state index in [-0.39, 0.29) is 12.6 Å². The maximum atomic E-state index is 8.95. The first-order valence-corrected chi connectivity index (χ1v) is 4.65. The van der Waals surface area contributed by atoms with Gasteiger partial charge >= 0.3 is 0 Å². The molecule has 0 spiro atoms. The number of rotatable bonds is 4. The van der Waals surface area contributed by atoms with Gasteiger partial charge in [-0.3, -0.25) is 4.90 Å². The van der Waals surface area contributed by atoms with Gasteiger partial charge in [-0.05, 0) is 25.6 Å². The number of anilines is 1. The number of aliphatic hydroxyl groups excluding tert-OH is 1. The summed E-state index contributed by atoms with van der Waals surface area (Å²) in [6, 6.07) is 3.89. The van der Waals surface area contributed by atoms with Crippen molar-refractivity contribution < 1.29 is 5.11 Å². The monoisotopic (exact) mass is 195 g/mol. The first kappa shape index (κ1) is 10.9. The zero-order valence-electron chi connectivity index (χ0n) is 8.64. The number of nitrogen functional groups attached to an aromatic ring is 1. The Balaban J connectivity index is 2.56. The number of hydrogen-bond donors (Lipinski definition) is 2. The third kappa shape index (κ3) is 2.97. The van der Waals surface area contributed by atoms with Crippen molar-refractivity contribution in [3.8, 4) is 0 Å². The summed E-state index contributed by atoms with van der Waals surface area (Å²) in [7, 11) is 1.97. The van der Waals surface area contributed by atoms with Gasteiger partial charge in [0.25, 0.3) is 0 Å². The average molecular weight is 195 g/mol. The molecule has 0 saturated heterocycles. The highest BCUT2D eigenvalue weighted by Gasteiger charge is 2.07. The summed E-state index contributed by atoms with van der Waals surface area (Å²) in [5, 5.41) is 8.95. The van der Waals surface area contributed by atoms with Gasteiger partial charge in [-0.15, -0.1) is 0 Å². The van der Waals surface area contributed by atoms with Gasteiger partial charge in [-0.25, -0.2) is 4.98 Å². The molecule has 3 N–H and O–H groups in total. The molecular formula is C10H17N3O. The Labute approximate surface area is 84.4 Å². The lowest BCUT2D eigenvalue weighted by Gasteiger charge is -2.22. The van der Waals surface area contributed by atoms with Gasteiger partial charge in [0.05, 0.1) is 6.61 Å². The second-order valence-corrected chi connectivity index (χ2v) is 3.54. The molecule has 4 heteroatoms. The molecule has 1 unspecified atom stereocenters. The van der Waals surface area contributed by atoms with Crippen LogP contribution in [0.15, 0.2) is 18.3 Å². The first-order valence-electron chi connectivity index (χ1n) is 4.65. The van der Waals surface area contributed by atoms with Crippen molar-refractivity contribution in [3.05, 3.63) is 23.9 Å². The van der Waals surface area contributed by atoms with E-state index in [2.05, 4.69) is 9.88 Å². The third-order valence-corrected chi connectivity index (χ3v) is 2.30. The summed E-state index contributed by atoms with van der Waals surface area (Å²) in [6.07, 6.45) is 1.76. The molecule has 0 aliphatic rings. The fourth-order valence-electron chi connectivity index (χ4n) is 1.11. The van der Waals surface area contributed by atoms with E-state index in [1.165, 1.54) is 0 Å². The van der Waals surface area contributed by atoms with Crippen LogP contribution in [0, 0.1) is 0 Å². The molecule has 0 aromatic carbocycles. The van der Waals surface area contributed by atoms with Gasteiger partial charge in [-0.2, -0.15) is 0 Å². The maximum Gasteiger partial charge on any atom is 0.123 e. The molecule has 1 atom stereocenters. The van der Waals surface area contributed by atoms with E-state index < -0.39 is 0 Å². The molecule has 78 valence electrons. The van der Waals surface area contributed by atoms with Crippen molar-refractivity contribution in [1.29, 1.82) is 0 Å². The third-order valence-electron chi connectivity index (χ3n) is 2.30. The molecule has 0 aliphatic heterocycles. The van der Waals surface area contributed by atoms with Crippen molar-refractivity contribution in [2.45, 2.75) is 19.5 Å². The maximum absolute atomic E-state index is 8.95. The van der Waals surface area contributed by atoms with E-state index in [4.69, 9.17) is 10.8 Å². The topological polar surface area (TPSA) is 62.4 Å². The second-order valence-electron chi connectivity index (χ2n) is 3.54. The standard InChI is InChI=1S/C10H17N3O/c1-8(7-14)13(2)6-9-3-4-10(11)12-5-9/h3-5,8,14H,6-7H2,1-2H3,(H2,11,12). The Morgan fingerprint density at radius 3 is 2.79 bits per heavy atom. The molecule has 0 bridgehead atoms. The molecule has 14 heavy (non-hydrogen) atoms. The van der Waals surface area contributed by atoms with Crippen LogP contribution in [0.25, 0.3) is 0 Å². The Morgan fingerprint density at radius 2 is 2.29 bits per heavy atom. The largest absolute Gasteiger partial charge is 0.395 e. The highest BCUT2D eigenvalue weighted by atomic mass is 16.3. The van der Waals surface area contributed by atoms with Gasteiger partial charge in [0.1, 0.15) is 5.82 Å². The smallest absolute Gasteiger partial charge is 0.123 e. The fourth-order valence-corrected chi connectivity index (χ4v) is 1.11. The van der Waals surface area contributed by atoms with Gasteiger partial charge in [-0.1, -0.05) is 6.07 Å². The number of nitrogens with two attached hydrogens (primary N) is 1. The van der Waals surface area contributed by atoms with Crippen LogP contribution < -0.4 is 5.73 Å². The number of likely N-dealkylation sites (N-methyl/N-ethyl adjacent to an activating group) is 1. The Morgan fingerprint density at radius 1 is 1.57 bits per heavy atom. The van der Waals surface area contributed by atoms with Crippen LogP contribution in [0.1, 0.15) is 12.5 Å². The van der Waals surface area contributed by atoms with Crippen molar-refractivity contribution in [2.24, 2.45) is 0 Å². The van der Waals surface area contributed by atoms with Crippen LogP contribution in [0.3, 0.4) is 0 Å². The molecule has 1 aromatic rings. The quantitative estimate of drug-likeness (QED) is 0.733.